The lowest BCUT2D eigenvalue weighted by molar-refractivity contribution is -0.123. The first-order valence-corrected chi connectivity index (χ1v) is 11.3. The van der Waals surface area contributed by atoms with Gasteiger partial charge in [-0.2, -0.15) is 0 Å². The smallest absolute Gasteiger partial charge is 0.258 e. The van der Waals surface area contributed by atoms with E-state index in [0.717, 1.165) is 61.6 Å². The van der Waals surface area contributed by atoms with E-state index in [1.54, 1.807) is 0 Å². The minimum absolute atomic E-state index is 0.0409. The van der Waals surface area contributed by atoms with Crippen LogP contribution in [0.1, 0.15) is 51.0 Å². The van der Waals surface area contributed by atoms with Crippen molar-refractivity contribution in [1.29, 1.82) is 0 Å². The molecule has 0 bridgehead atoms. The summed E-state index contributed by atoms with van der Waals surface area (Å²) < 4.78 is 5.67. The first-order chi connectivity index (χ1) is 14.2. The van der Waals surface area contributed by atoms with Crippen molar-refractivity contribution < 1.29 is 9.53 Å². The van der Waals surface area contributed by atoms with E-state index >= 15 is 0 Å². The van der Waals surface area contributed by atoms with Crippen LogP contribution in [0.3, 0.4) is 0 Å². The number of ether oxygens (including phenoxy) is 1. The van der Waals surface area contributed by atoms with Crippen molar-refractivity contribution >= 4 is 11.9 Å². The van der Waals surface area contributed by atoms with Crippen LogP contribution in [-0.2, 0) is 11.3 Å². The number of rotatable bonds is 7. The lowest BCUT2D eigenvalue weighted by atomic mass is 9.82. The molecule has 0 spiro atoms. The van der Waals surface area contributed by atoms with Crippen molar-refractivity contribution in [2.45, 2.75) is 58.0 Å². The Balaban J connectivity index is 1.33. The van der Waals surface area contributed by atoms with E-state index in [9.17, 15) is 4.79 Å². The molecule has 2 saturated carbocycles. The van der Waals surface area contributed by atoms with Crippen molar-refractivity contribution in [2.75, 3.05) is 26.2 Å². The first kappa shape index (κ1) is 20.0. The van der Waals surface area contributed by atoms with Crippen LogP contribution in [0.2, 0.25) is 0 Å². The van der Waals surface area contributed by atoms with Crippen LogP contribution in [0, 0.1) is 11.8 Å². The molecule has 2 N–H and O–H groups in total. The molecule has 29 heavy (non-hydrogen) atoms. The molecule has 1 heterocycles. The molecule has 3 aliphatic rings. The van der Waals surface area contributed by atoms with Crippen LogP contribution in [0.4, 0.5) is 0 Å². The molecule has 1 saturated heterocycles. The second-order valence-corrected chi connectivity index (χ2v) is 8.66. The number of carbonyl (C=O) groups excluding carboxylic acids is 1. The van der Waals surface area contributed by atoms with E-state index < -0.39 is 0 Å². The molecular weight excluding hydrogens is 364 g/mol. The molecule has 1 aromatic rings. The van der Waals surface area contributed by atoms with Gasteiger partial charge in [0.15, 0.2) is 12.6 Å². The van der Waals surface area contributed by atoms with E-state index in [0.29, 0.717) is 12.6 Å². The molecule has 1 amide bonds. The topological polar surface area (TPSA) is 66.0 Å². The van der Waals surface area contributed by atoms with Crippen LogP contribution in [0.5, 0.6) is 5.75 Å². The van der Waals surface area contributed by atoms with E-state index in [4.69, 9.17) is 9.73 Å². The minimum Gasteiger partial charge on any atom is -0.484 e. The minimum atomic E-state index is -0.0409. The van der Waals surface area contributed by atoms with Crippen molar-refractivity contribution in [2.24, 2.45) is 16.8 Å². The molecule has 2 unspecified atom stereocenters. The van der Waals surface area contributed by atoms with Gasteiger partial charge in [-0.1, -0.05) is 25.0 Å². The van der Waals surface area contributed by atoms with Crippen molar-refractivity contribution in [3.8, 4) is 5.75 Å². The van der Waals surface area contributed by atoms with Crippen LogP contribution >= 0.6 is 0 Å². The molecule has 0 aromatic heterocycles. The number of nitrogens with zero attached hydrogens (tertiary/aromatic N) is 2. The Morgan fingerprint density at radius 3 is 2.62 bits per heavy atom. The van der Waals surface area contributed by atoms with Crippen LogP contribution in [0.25, 0.3) is 0 Å². The van der Waals surface area contributed by atoms with Crippen LogP contribution < -0.4 is 15.4 Å². The standard InChI is InChI=1S/C23H34N4O2/c1-2-24-23(27-14-18-7-3-4-8-19(18)15-27)25-13-17-6-5-9-21(12-17)29-16-22(28)26-20-10-11-20/h5-6,9,12,18-20H,2-4,7-8,10-11,13-16H2,1H3,(H,24,25)(H,26,28). The SMILES string of the molecule is CCNC(=NCc1cccc(OCC(=O)NC2CC2)c1)N1CC2CCCCC2C1. The number of aliphatic imine (C=N–C) groups is 1. The molecule has 0 radical (unpaired) electrons. The Kier molecular flexibility index (Phi) is 6.57. The Bertz CT molecular complexity index is 717. The van der Waals surface area contributed by atoms with Crippen molar-refractivity contribution in [1.82, 2.24) is 15.5 Å². The molecule has 6 heteroatoms. The van der Waals surface area contributed by atoms with Gasteiger partial charge in [-0.05, 0) is 62.1 Å². The fourth-order valence-corrected chi connectivity index (χ4v) is 4.55. The maximum Gasteiger partial charge on any atom is 0.258 e. The van der Waals surface area contributed by atoms with E-state index in [1.807, 2.05) is 18.2 Å². The summed E-state index contributed by atoms with van der Waals surface area (Å²) in [7, 11) is 0. The second kappa shape index (κ2) is 9.51. The van der Waals surface area contributed by atoms with E-state index in [-0.39, 0.29) is 12.5 Å². The molecule has 2 atom stereocenters. The molecule has 1 aromatic carbocycles. The van der Waals surface area contributed by atoms with Gasteiger partial charge in [0, 0.05) is 25.7 Å². The highest BCUT2D eigenvalue weighted by Crippen LogP contribution is 2.36. The number of benzene rings is 1. The highest BCUT2D eigenvalue weighted by molar-refractivity contribution is 5.80. The van der Waals surface area contributed by atoms with Crippen molar-refractivity contribution in [3.05, 3.63) is 29.8 Å². The highest BCUT2D eigenvalue weighted by atomic mass is 16.5. The van der Waals surface area contributed by atoms with Gasteiger partial charge in [-0.3, -0.25) is 4.79 Å². The predicted molar refractivity (Wildman–Crippen MR) is 115 cm³/mol. The quantitative estimate of drug-likeness (QED) is 0.547. The van der Waals surface area contributed by atoms with Gasteiger partial charge < -0.3 is 20.3 Å². The average Bonchev–Trinajstić information content (AvgIpc) is 3.44. The fraction of sp³-hybridized carbons (Fsp3) is 0.652. The van der Waals surface area contributed by atoms with Gasteiger partial charge >= 0.3 is 0 Å². The molecular formula is C23H34N4O2. The lowest BCUT2D eigenvalue weighted by Gasteiger charge is -2.22. The lowest BCUT2D eigenvalue weighted by Crippen LogP contribution is -2.40. The summed E-state index contributed by atoms with van der Waals surface area (Å²) in [5, 5.41) is 6.42. The van der Waals surface area contributed by atoms with Gasteiger partial charge in [0.05, 0.1) is 6.54 Å². The average molecular weight is 399 g/mol. The number of guanidine groups is 1. The number of likely N-dealkylation sites (tertiary alicyclic amines) is 1. The third kappa shape index (κ3) is 5.64. The summed E-state index contributed by atoms with van der Waals surface area (Å²) in [4.78, 5) is 19.2. The number of hydrogen-bond acceptors (Lipinski definition) is 3. The van der Waals surface area contributed by atoms with Crippen LogP contribution in [0.15, 0.2) is 29.3 Å². The summed E-state index contributed by atoms with van der Waals surface area (Å²) in [5.41, 5.74) is 1.09. The van der Waals surface area contributed by atoms with Crippen LogP contribution in [-0.4, -0.2) is 49.0 Å². The molecule has 1 aliphatic heterocycles. The third-order valence-corrected chi connectivity index (χ3v) is 6.23. The Morgan fingerprint density at radius 1 is 1.17 bits per heavy atom. The van der Waals surface area contributed by atoms with Crippen molar-refractivity contribution in [3.63, 3.8) is 0 Å². The molecule has 4 rings (SSSR count). The Labute approximate surface area is 174 Å². The Morgan fingerprint density at radius 2 is 1.93 bits per heavy atom. The molecule has 2 aliphatic carbocycles. The van der Waals surface area contributed by atoms with Gasteiger partial charge in [0.2, 0.25) is 0 Å². The first-order valence-electron chi connectivity index (χ1n) is 11.3. The normalized spacial score (nSPS) is 24.2. The highest BCUT2D eigenvalue weighted by Gasteiger charge is 2.35. The number of amides is 1. The summed E-state index contributed by atoms with van der Waals surface area (Å²) in [6.45, 7) is 5.96. The number of carbonyl (C=O) groups is 1. The second-order valence-electron chi connectivity index (χ2n) is 8.66. The zero-order valence-corrected chi connectivity index (χ0v) is 17.5. The maximum absolute atomic E-state index is 11.8. The summed E-state index contributed by atoms with van der Waals surface area (Å²) in [6, 6.07) is 8.28. The monoisotopic (exact) mass is 398 g/mol. The van der Waals surface area contributed by atoms with Gasteiger partial charge in [0.25, 0.3) is 5.91 Å². The molecule has 158 valence electrons. The fourth-order valence-electron chi connectivity index (χ4n) is 4.55. The van der Waals surface area contributed by atoms with Gasteiger partial charge in [0.1, 0.15) is 5.75 Å². The number of fused-ring (bicyclic) bond motifs is 1. The largest absolute Gasteiger partial charge is 0.484 e. The van der Waals surface area contributed by atoms with E-state index in [1.165, 1.54) is 25.7 Å². The van der Waals surface area contributed by atoms with E-state index in [2.05, 4.69) is 28.5 Å². The van der Waals surface area contributed by atoms with Gasteiger partial charge in [-0.15, -0.1) is 0 Å². The predicted octanol–water partition coefficient (Wildman–Crippen LogP) is 2.93. The number of hydrogen-bond donors (Lipinski definition) is 2. The summed E-state index contributed by atoms with van der Waals surface area (Å²) in [6.07, 6.45) is 7.68. The number of nitrogens with one attached hydrogen (secondary N) is 2. The summed E-state index contributed by atoms with van der Waals surface area (Å²) >= 11 is 0. The zero-order valence-electron chi connectivity index (χ0n) is 17.5. The third-order valence-electron chi connectivity index (χ3n) is 6.23. The summed E-state index contributed by atoms with van der Waals surface area (Å²) in [5.74, 6) is 3.39. The maximum atomic E-state index is 11.8. The Hall–Kier alpha value is -2.24. The molecule has 3 fully saturated rings. The zero-order chi connectivity index (χ0) is 20.1. The molecule has 6 nitrogen and oxygen atoms in total. The van der Waals surface area contributed by atoms with Gasteiger partial charge in [-0.25, -0.2) is 4.99 Å².